The van der Waals surface area contributed by atoms with Crippen molar-refractivity contribution >= 4 is 0 Å². The molecule has 0 N–H and O–H groups in total. The van der Waals surface area contributed by atoms with Gasteiger partial charge in [0.15, 0.2) is 0 Å². The van der Waals surface area contributed by atoms with Crippen molar-refractivity contribution in [3.05, 3.63) is 24.0 Å². The first-order valence-corrected chi connectivity index (χ1v) is 6.08. The van der Waals surface area contributed by atoms with Gasteiger partial charge in [-0.2, -0.15) is 0 Å². The predicted molar refractivity (Wildman–Crippen MR) is 62.7 cm³/mol. The van der Waals surface area contributed by atoms with Crippen LogP contribution in [0.3, 0.4) is 0 Å². The quantitative estimate of drug-likeness (QED) is 0.758. The van der Waals surface area contributed by atoms with E-state index in [2.05, 4.69) is 16.0 Å². The van der Waals surface area contributed by atoms with E-state index in [9.17, 15) is 0 Å². The maximum absolute atomic E-state index is 5.25. The van der Waals surface area contributed by atoms with Crippen LogP contribution in [0.15, 0.2) is 18.5 Å². The normalized spacial score (nSPS) is 32.7. The highest BCUT2D eigenvalue weighted by atomic mass is 16.5. The minimum Gasteiger partial charge on any atom is -0.495 e. The molecular weight excluding hydrogens is 200 g/mol. The lowest BCUT2D eigenvalue weighted by molar-refractivity contribution is 0.0869. The number of hydrogen-bond donors (Lipinski definition) is 0. The second kappa shape index (κ2) is 4.06. The number of pyridine rings is 1. The maximum Gasteiger partial charge on any atom is 0.137 e. The van der Waals surface area contributed by atoms with Gasteiger partial charge in [-0.3, -0.25) is 4.98 Å². The highest BCUT2D eigenvalue weighted by molar-refractivity contribution is 5.28. The van der Waals surface area contributed by atoms with Crippen LogP contribution in [-0.2, 0) is 0 Å². The summed E-state index contributed by atoms with van der Waals surface area (Å²) in [6.45, 7) is 3.79. The molecule has 3 aliphatic heterocycles. The van der Waals surface area contributed by atoms with Crippen LogP contribution in [0, 0.1) is 5.92 Å². The fourth-order valence-electron chi connectivity index (χ4n) is 3.09. The largest absolute Gasteiger partial charge is 0.495 e. The zero-order valence-corrected chi connectivity index (χ0v) is 9.72. The average molecular weight is 218 g/mol. The van der Waals surface area contributed by atoms with Crippen LogP contribution in [0.4, 0.5) is 0 Å². The Morgan fingerprint density at radius 1 is 1.31 bits per heavy atom. The number of aromatic nitrogens is 1. The van der Waals surface area contributed by atoms with Gasteiger partial charge >= 0.3 is 0 Å². The molecule has 0 saturated carbocycles. The summed E-state index contributed by atoms with van der Waals surface area (Å²) in [6.07, 6.45) is 6.49. The molecule has 0 radical (unpaired) electrons. The molecule has 3 heteroatoms. The van der Waals surface area contributed by atoms with Crippen LogP contribution >= 0.6 is 0 Å². The van der Waals surface area contributed by atoms with Gasteiger partial charge in [0.25, 0.3) is 0 Å². The summed E-state index contributed by atoms with van der Waals surface area (Å²) in [5, 5.41) is 0. The summed E-state index contributed by atoms with van der Waals surface area (Å²) in [5.74, 6) is 2.41. The number of piperidine rings is 3. The molecule has 4 rings (SSSR count). The number of ether oxygens (including phenoxy) is 1. The molecule has 0 aliphatic carbocycles. The average Bonchev–Trinajstić information content (AvgIpc) is 2.40. The van der Waals surface area contributed by atoms with E-state index < -0.39 is 0 Å². The molecule has 0 amide bonds. The standard InChI is InChI=1S/C13H18N2O/c1-16-12-6-11(7-14-8-12)13-9-15-4-2-10(13)3-5-15/h6-8,10,13H,2-5,9H2,1H3. The lowest BCUT2D eigenvalue weighted by Crippen LogP contribution is -2.46. The van der Waals surface area contributed by atoms with E-state index in [1.165, 1.54) is 38.0 Å². The van der Waals surface area contributed by atoms with Gasteiger partial charge in [0.2, 0.25) is 0 Å². The minimum atomic E-state index is 0.671. The summed E-state index contributed by atoms with van der Waals surface area (Å²) < 4.78 is 5.25. The van der Waals surface area contributed by atoms with Crippen molar-refractivity contribution in [2.24, 2.45) is 5.92 Å². The molecular formula is C13H18N2O. The monoisotopic (exact) mass is 218 g/mol. The van der Waals surface area contributed by atoms with Gasteiger partial charge in [0.05, 0.1) is 13.3 Å². The van der Waals surface area contributed by atoms with E-state index in [1.807, 2.05) is 6.20 Å². The molecule has 1 atom stereocenters. The first-order chi connectivity index (χ1) is 7.86. The highest BCUT2D eigenvalue weighted by Gasteiger charge is 2.35. The number of rotatable bonds is 2. The molecule has 86 valence electrons. The summed E-state index contributed by atoms with van der Waals surface area (Å²) in [4.78, 5) is 6.84. The second-order valence-corrected chi connectivity index (χ2v) is 4.90. The Hall–Kier alpha value is -1.09. The van der Waals surface area contributed by atoms with Crippen molar-refractivity contribution in [1.29, 1.82) is 0 Å². The Kier molecular flexibility index (Phi) is 2.56. The van der Waals surface area contributed by atoms with Gasteiger partial charge < -0.3 is 9.64 Å². The molecule has 1 unspecified atom stereocenters. The van der Waals surface area contributed by atoms with Gasteiger partial charge in [-0.15, -0.1) is 0 Å². The zero-order chi connectivity index (χ0) is 11.0. The first kappa shape index (κ1) is 10.1. The fraction of sp³-hybridized carbons (Fsp3) is 0.615. The van der Waals surface area contributed by atoms with E-state index in [-0.39, 0.29) is 0 Å². The third-order valence-electron chi connectivity index (χ3n) is 4.05. The molecule has 2 bridgehead atoms. The number of fused-ring (bicyclic) bond motifs is 3. The van der Waals surface area contributed by atoms with Crippen molar-refractivity contribution in [2.75, 3.05) is 26.7 Å². The van der Waals surface area contributed by atoms with E-state index in [1.54, 1.807) is 13.3 Å². The summed E-state index contributed by atoms with van der Waals surface area (Å²) in [5.41, 5.74) is 1.36. The zero-order valence-electron chi connectivity index (χ0n) is 9.72. The molecule has 0 aromatic carbocycles. The van der Waals surface area contributed by atoms with E-state index in [0.717, 1.165) is 11.7 Å². The fourth-order valence-corrected chi connectivity index (χ4v) is 3.09. The lowest BCUT2D eigenvalue weighted by Gasteiger charge is -2.45. The highest BCUT2D eigenvalue weighted by Crippen LogP contribution is 2.39. The molecule has 1 aromatic heterocycles. The molecule has 4 heterocycles. The van der Waals surface area contributed by atoms with E-state index in [0.29, 0.717) is 5.92 Å². The number of hydrogen-bond acceptors (Lipinski definition) is 3. The van der Waals surface area contributed by atoms with Crippen molar-refractivity contribution in [3.63, 3.8) is 0 Å². The Morgan fingerprint density at radius 2 is 2.12 bits per heavy atom. The van der Waals surface area contributed by atoms with Crippen molar-refractivity contribution in [2.45, 2.75) is 18.8 Å². The predicted octanol–water partition coefficient (Wildman–Crippen LogP) is 1.90. The molecule has 0 spiro atoms. The van der Waals surface area contributed by atoms with Crippen molar-refractivity contribution < 1.29 is 4.74 Å². The number of methoxy groups -OCH3 is 1. The van der Waals surface area contributed by atoms with E-state index in [4.69, 9.17) is 4.74 Å². The van der Waals surface area contributed by atoms with Crippen LogP contribution in [0.25, 0.3) is 0 Å². The Morgan fingerprint density at radius 3 is 2.75 bits per heavy atom. The Labute approximate surface area is 96.4 Å². The maximum atomic E-state index is 5.25. The molecule has 3 aliphatic rings. The summed E-state index contributed by atoms with van der Waals surface area (Å²) in [6, 6.07) is 2.15. The van der Waals surface area contributed by atoms with Crippen LogP contribution in [0.2, 0.25) is 0 Å². The Balaban J connectivity index is 1.86. The second-order valence-electron chi connectivity index (χ2n) is 4.90. The smallest absolute Gasteiger partial charge is 0.137 e. The first-order valence-electron chi connectivity index (χ1n) is 6.08. The topological polar surface area (TPSA) is 25.4 Å². The summed E-state index contributed by atoms with van der Waals surface area (Å²) in [7, 11) is 1.71. The molecule has 3 saturated heterocycles. The summed E-state index contributed by atoms with van der Waals surface area (Å²) >= 11 is 0. The van der Waals surface area contributed by atoms with Gasteiger partial charge in [-0.05, 0) is 43.5 Å². The van der Waals surface area contributed by atoms with E-state index >= 15 is 0 Å². The van der Waals surface area contributed by atoms with Crippen LogP contribution < -0.4 is 4.74 Å². The third kappa shape index (κ3) is 1.69. The van der Waals surface area contributed by atoms with Crippen LogP contribution in [-0.4, -0.2) is 36.6 Å². The molecule has 3 fully saturated rings. The lowest BCUT2D eigenvalue weighted by atomic mass is 9.76. The molecule has 3 nitrogen and oxygen atoms in total. The number of nitrogens with zero attached hydrogens (tertiary/aromatic N) is 2. The third-order valence-corrected chi connectivity index (χ3v) is 4.05. The van der Waals surface area contributed by atoms with Crippen LogP contribution in [0.5, 0.6) is 5.75 Å². The van der Waals surface area contributed by atoms with Crippen LogP contribution in [0.1, 0.15) is 24.3 Å². The van der Waals surface area contributed by atoms with Gasteiger partial charge in [-0.1, -0.05) is 0 Å². The van der Waals surface area contributed by atoms with Gasteiger partial charge in [0, 0.05) is 18.7 Å². The SMILES string of the molecule is COc1cncc(C2CN3CCC2CC3)c1. The molecule has 1 aromatic rings. The van der Waals surface area contributed by atoms with Gasteiger partial charge in [0.1, 0.15) is 5.75 Å². The minimum absolute atomic E-state index is 0.671. The molecule has 16 heavy (non-hydrogen) atoms. The van der Waals surface area contributed by atoms with Gasteiger partial charge in [-0.25, -0.2) is 0 Å². The Bertz CT molecular complexity index is 372. The van der Waals surface area contributed by atoms with Crippen molar-refractivity contribution in [3.8, 4) is 5.75 Å². The van der Waals surface area contributed by atoms with Crippen molar-refractivity contribution in [1.82, 2.24) is 9.88 Å².